The topological polar surface area (TPSA) is 80.4 Å². The van der Waals surface area contributed by atoms with E-state index in [2.05, 4.69) is 17.2 Å². The van der Waals surface area contributed by atoms with Crippen LogP contribution >= 0.6 is 0 Å². The van der Waals surface area contributed by atoms with Gasteiger partial charge in [-0.05, 0) is 42.7 Å². The van der Waals surface area contributed by atoms with Crippen molar-refractivity contribution >= 4 is 22.5 Å². The minimum atomic E-state index is -0.190. The van der Waals surface area contributed by atoms with Crippen molar-refractivity contribution in [3.63, 3.8) is 0 Å². The Morgan fingerprint density at radius 2 is 1.79 bits per heavy atom. The molecule has 1 aliphatic rings. The number of carbonyl (C=O) groups is 1. The molecule has 1 aliphatic heterocycles. The van der Waals surface area contributed by atoms with Crippen LogP contribution in [0.5, 0.6) is 11.5 Å². The maximum atomic E-state index is 12.4. The number of rotatable bonds is 5. The van der Waals surface area contributed by atoms with Crippen molar-refractivity contribution in [2.45, 2.75) is 26.2 Å². The van der Waals surface area contributed by atoms with Crippen molar-refractivity contribution in [1.29, 1.82) is 0 Å². The Labute approximate surface area is 162 Å². The minimum absolute atomic E-state index is 0.120. The second kappa shape index (κ2) is 7.76. The predicted molar refractivity (Wildman–Crippen MR) is 108 cm³/mol. The molecule has 0 atom stereocenters. The second-order valence-corrected chi connectivity index (χ2v) is 6.81. The van der Waals surface area contributed by atoms with Crippen molar-refractivity contribution in [3.8, 4) is 11.5 Å². The van der Waals surface area contributed by atoms with E-state index in [1.165, 1.54) is 5.56 Å². The Bertz CT molecular complexity index is 1070. The number of benzene rings is 2. The fourth-order valence-electron chi connectivity index (χ4n) is 3.27. The molecule has 0 aliphatic carbocycles. The Morgan fingerprint density at radius 3 is 2.50 bits per heavy atom. The van der Waals surface area contributed by atoms with Crippen molar-refractivity contribution in [2.24, 2.45) is 0 Å². The van der Waals surface area contributed by atoms with Crippen LogP contribution < -0.4 is 20.3 Å². The molecule has 0 bridgehead atoms. The highest BCUT2D eigenvalue weighted by Gasteiger charge is 2.14. The third-order valence-electron chi connectivity index (χ3n) is 4.85. The summed E-state index contributed by atoms with van der Waals surface area (Å²) in [6.07, 6.45) is 1.55. The Balaban J connectivity index is 1.47. The second-order valence-electron chi connectivity index (χ2n) is 6.81. The molecule has 0 fully saturated rings. The van der Waals surface area contributed by atoms with E-state index in [0.29, 0.717) is 42.2 Å². The molecule has 1 aromatic heterocycles. The van der Waals surface area contributed by atoms with Gasteiger partial charge >= 0.3 is 0 Å². The molecule has 0 saturated heterocycles. The largest absolute Gasteiger partial charge is 0.486 e. The summed E-state index contributed by atoms with van der Waals surface area (Å²) in [4.78, 5) is 27.5. The van der Waals surface area contributed by atoms with Crippen LogP contribution in [0, 0.1) is 0 Å². The summed E-state index contributed by atoms with van der Waals surface area (Å²) in [5, 5.41) is 3.73. The first-order valence-electron chi connectivity index (χ1n) is 9.47. The van der Waals surface area contributed by atoms with Gasteiger partial charge in [-0.1, -0.05) is 19.1 Å². The summed E-state index contributed by atoms with van der Waals surface area (Å²) < 4.78 is 11.2. The Hall–Kier alpha value is -3.28. The van der Waals surface area contributed by atoms with Gasteiger partial charge in [0.1, 0.15) is 13.2 Å². The molecule has 2 heterocycles. The lowest BCUT2D eigenvalue weighted by molar-refractivity contribution is -0.116. The Kier molecular flexibility index (Phi) is 5.02. The zero-order valence-electron chi connectivity index (χ0n) is 15.7. The number of carbonyl (C=O) groups excluding carboxylic acids is 1. The van der Waals surface area contributed by atoms with Gasteiger partial charge in [0.2, 0.25) is 5.91 Å². The minimum Gasteiger partial charge on any atom is -0.486 e. The number of amides is 1. The number of aromatic nitrogens is 1. The van der Waals surface area contributed by atoms with Gasteiger partial charge in [-0.15, -0.1) is 0 Å². The van der Waals surface area contributed by atoms with Crippen molar-refractivity contribution in [2.75, 3.05) is 18.5 Å². The Morgan fingerprint density at radius 1 is 1.07 bits per heavy atom. The zero-order chi connectivity index (χ0) is 19.5. The fourth-order valence-corrected chi connectivity index (χ4v) is 3.27. The number of aryl methyl sites for hydroxylation is 2. The molecule has 6 nitrogen and oxygen atoms in total. The molecule has 2 aromatic carbocycles. The average molecular weight is 378 g/mol. The molecular weight excluding hydrogens is 356 g/mol. The summed E-state index contributed by atoms with van der Waals surface area (Å²) in [5.41, 5.74) is 3.05. The van der Waals surface area contributed by atoms with Gasteiger partial charge in [0.25, 0.3) is 5.56 Å². The van der Waals surface area contributed by atoms with Gasteiger partial charge in [-0.2, -0.15) is 0 Å². The molecular formula is C22H22N2O4. The number of ether oxygens (including phenoxy) is 2. The van der Waals surface area contributed by atoms with Crippen LogP contribution in [-0.4, -0.2) is 24.1 Å². The molecule has 0 spiro atoms. The first-order valence-corrected chi connectivity index (χ1v) is 9.47. The molecule has 3 aromatic rings. The van der Waals surface area contributed by atoms with Crippen LogP contribution in [0.4, 0.5) is 5.69 Å². The van der Waals surface area contributed by atoms with Crippen LogP contribution in [0.1, 0.15) is 24.5 Å². The van der Waals surface area contributed by atoms with Gasteiger partial charge in [0.15, 0.2) is 11.5 Å². The third kappa shape index (κ3) is 3.86. The smallest absolute Gasteiger partial charge is 0.251 e. The number of anilines is 1. The van der Waals surface area contributed by atoms with E-state index >= 15 is 0 Å². The molecule has 144 valence electrons. The third-order valence-corrected chi connectivity index (χ3v) is 4.85. The van der Waals surface area contributed by atoms with E-state index in [1.54, 1.807) is 6.07 Å². The lowest BCUT2D eigenvalue weighted by Gasteiger charge is -2.18. The molecule has 4 rings (SSSR count). The first kappa shape index (κ1) is 18.1. The highest BCUT2D eigenvalue weighted by atomic mass is 16.6. The molecule has 0 radical (unpaired) electrons. The van der Waals surface area contributed by atoms with Gasteiger partial charge in [0.05, 0.1) is 5.52 Å². The van der Waals surface area contributed by atoms with Gasteiger partial charge < -0.3 is 19.8 Å². The predicted octanol–water partition coefficient (Wildman–Crippen LogP) is 3.43. The highest BCUT2D eigenvalue weighted by Crippen LogP contribution is 2.33. The van der Waals surface area contributed by atoms with E-state index in [4.69, 9.17) is 9.47 Å². The van der Waals surface area contributed by atoms with Crippen molar-refractivity contribution in [3.05, 3.63) is 63.9 Å². The SMILES string of the molecule is CCc1ccc(NC(=O)CCc2cc3cc4c(cc3[nH]c2=O)OCCO4)cc1. The quantitative estimate of drug-likeness (QED) is 0.713. The molecule has 0 unspecified atom stereocenters. The number of pyridine rings is 1. The van der Waals surface area contributed by atoms with Crippen LogP contribution in [0.3, 0.4) is 0 Å². The van der Waals surface area contributed by atoms with Gasteiger partial charge in [0, 0.05) is 29.1 Å². The molecule has 0 saturated carbocycles. The zero-order valence-corrected chi connectivity index (χ0v) is 15.7. The normalized spacial score (nSPS) is 12.8. The number of fused-ring (bicyclic) bond motifs is 2. The highest BCUT2D eigenvalue weighted by molar-refractivity contribution is 5.91. The van der Waals surface area contributed by atoms with Crippen LogP contribution in [0.25, 0.3) is 10.9 Å². The maximum absolute atomic E-state index is 12.4. The van der Waals surface area contributed by atoms with E-state index in [-0.39, 0.29) is 17.9 Å². The van der Waals surface area contributed by atoms with Crippen LogP contribution in [0.15, 0.2) is 47.3 Å². The summed E-state index contributed by atoms with van der Waals surface area (Å²) in [6, 6.07) is 13.2. The number of hydrogen-bond donors (Lipinski definition) is 2. The first-order chi connectivity index (χ1) is 13.6. The number of H-pyrrole nitrogens is 1. The standard InChI is InChI=1S/C22H22N2O4/c1-2-14-3-6-17(7-4-14)23-21(25)8-5-15-11-16-12-19-20(28-10-9-27-19)13-18(16)24-22(15)26/h3-4,6-7,11-13H,2,5,8-10H2,1H3,(H,23,25)(H,24,26). The number of nitrogens with one attached hydrogen (secondary N) is 2. The fraction of sp³-hybridized carbons (Fsp3) is 0.273. The lowest BCUT2D eigenvalue weighted by Crippen LogP contribution is -2.18. The maximum Gasteiger partial charge on any atom is 0.251 e. The lowest BCUT2D eigenvalue weighted by atomic mass is 10.1. The molecule has 28 heavy (non-hydrogen) atoms. The molecule has 2 N–H and O–H groups in total. The van der Waals surface area contributed by atoms with Crippen molar-refractivity contribution < 1.29 is 14.3 Å². The summed E-state index contributed by atoms with van der Waals surface area (Å²) in [5.74, 6) is 1.19. The average Bonchev–Trinajstić information content (AvgIpc) is 2.71. The summed E-state index contributed by atoms with van der Waals surface area (Å²) in [6.45, 7) is 3.09. The van der Waals surface area contributed by atoms with Crippen molar-refractivity contribution in [1.82, 2.24) is 4.98 Å². The summed E-state index contributed by atoms with van der Waals surface area (Å²) >= 11 is 0. The number of hydrogen-bond acceptors (Lipinski definition) is 4. The molecule has 6 heteroatoms. The van der Waals surface area contributed by atoms with E-state index in [0.717, 1.165) is 17.5 Å². The van der Waals surface area contributed by atoms with Gasteiger partial charge in [-0.25, -0.2) is 0 Å². The van der Waals surface area contributed by atoms with Gasteiger partial charge in [-0.3, -0.25) is 9.59 Å². The molecule has 1 amide bonds. The van der Waals surface area contributed by atoms with E-state index in [1.807, 2.05) is 36.4 Å². The van der Waals surface area contributed by atoms with Crippen LogP contribution in [-0.2, 0) is 17.6 Å². The number of aromatic amines is 1. The van der Waals surface area contributed by atoms with Crippen LogP contribution in [0.2, 0.25) is 0 Å². The summed E-state index contributed by atoms with van der Waals surface area (Å²) in [7, 11) is 0. The monoisotopic (exact) mass is 378 g/mol. The van der Waals surface area contributed by atoms with E-state index < -0.39 is 0 Å². The van der Waals surface area contributed by atoms with E-state index in [9.17, 15) is 9.59 Å².